The van der Waals surface area contributed by atoms with Crippen LogP contribution in [0.15, 0.2) is 28.8 Å². The third kappa shape index (κ3) is 4.79. The Bertz CT molecular complexity index is 805. The molecule has 0 bridgehead atoms. The number of hydrogen-bond donors (Lipinski definition) is 0. The number of aromatic nitrogens is 2. The van der Waals surface area contributed by atoms with Gasteiger partial charge in [-0.2, -0.15) is 4.98 Å². The summed E-state index contributed by atoms with van der Waals surface area (Å²) < 4.78 is 5.54. The van der Waals surface area contributed by atoms with E-state index < -0.39 is 5.41 Å². The lowest BCUT2D eigenvalue weighted by Crippen LogP contribution is -2.38. The van der Waals surface area contributed by atoms with Crippen molar-refractivity contribution in [1.29, 1.82) is 0 Å². The number of nitrogens with zero attached hydrogens (tertiary/aromatic N) is 3. The smallest absolute Gasteiger partial charge is 0.330 e. The van der Waals surface area contributed by atoms with Crippen molar-refractivity contribution in [2.45, 2.75) is 65.7 Å². The Morgan fingerprint density at radius 1 is 1.07 bits per heavy atom. The monoisotopic (exact) mass is 385 g/mol. The van der Waals surface area contributed by atoms with E-state index in [0.29, 0.717) is 24.8 Å². The average Bonchev–Trinajstić information content (AvgIpc) is 3.11. The lowest BCUT2D eigenvalue weighted by atomic mass is 9.87. The van der Waals surface area contributed by atoms with Crippen molar-refractivity contribution < 1.29 is 14.2 Å². The third-order valence-corrected chi connectivity index (χ3v) is 5.08. The molecule has 1 fully saturated rings. The van der Waals surface area contributed by atoms with Gasteiger partial charge >= 0.3 is 5.97 Å². The standard InChI is InChI=1S/C22H31N3O3/c1-21(2,3)17-9-7-15(8-10-17)18-23-19(27-24-18)16-11-13-25(14-12-16)28-20(26)22(4,5)6/h7-10,16H,11-14H2,1-6H3. The first-order chi connectivity index (χ1) is 13.0. The number of rotatable bonds is 3. The molecule has 1 aromatic heterocycles. The largest absolute Gasteiger partial charge is 0.367 e. The highest BCUT2D eigenvalue weighted by molar-refractivity contribution is 5.75. The summed E-state index contributed by atoms with van der Waals surface area (Å²) in [5, 5.41) is 5.91. The minimum absolute atomic E-state index is 0.116. The molecule has 0 unspecified atom stereocenters. The summed E-state index contributed by atoms with van der Waals surface area (Å²) in [6.45, 7) is 13.5. The fourth-order valence-corrected chi connectivity index (χ4v) is 3.09. The normalized spacial score (nSPS) is 16.9. The molecule has 6 nitrogen and oxygen atoms in total. The molecule has 0 radical (unpaired) electrons. The molecule has 1 aliphatic heterocycles. The van der Waals surface area contributed by atoms with Crippen LogP contribution in [-0.4, -0.2) is 34.3 Å². The third-order valence-electron chi connectivity index (χ3n) is 5.08. The molecule has 3 rings (SSSR count). The summed E-state index contributed by atoms with van der Waals surface area (Å²) in [6.07, 6.45) is 1.64. The van der Waals surface area contributed by atoms with Crippen molar-refractivity contribution in [3.05, 3.63) is 35.7 Å². The maximum Gasteiger partial charge on any atom is 0.330 e. The quantitative estimate of drug-likeness (QED) is 0.762. The molecule has 2 aromatic rings. The van der Waals surface area contributed by atoms with Crippen molar-refractivity contribution in [3.8, 4) is 11.4 Å². The van der Waals surface area contributed by atoms with Crippen LogP contribution in [0, 0.1) is 5.41 Å². The Morgan fingerprint density at radius 3 is 2.21 bits per heavy atom. The Labute approximate surface area is 167 Å². The van der Waals surface area contributed by atoms with Crippen LogP contribution in [-0.2, 0) is 15.0 Å². The first-order valence-corrected chi connectivity index (χ1v) is 9.96. The number of carbonyl (C=O) groups excluding carboxylic acids is 1. The van der Waals surface area contributed by atoms with E-state index in [9.17, 15) is 4.79 Å². The molecule has 6 heteroatoms. The van der Waals surface area contributed by atoms with Gasteiger partial charge in [0, 0.05) is 24.6 Å². The Hall–Kier alpha value is -2.21. The second kappa shape index (κ2) is 7.66. The van der Waals surface area contributed by atoms with Crippen LogP contribution in [0.2, 0.25) is 0 Å². The highest BCUT2D eigenvalue weighted by Crippen LogP contribution is 2.30. The van der Waals surface area contributed by atoms with Crippen molar-refractivity contribution in [1.82, 2.24) is 15.2 Å². The van der Waals surface area contributed by atoms with E-state index in [1.165, 1.54) is 5.56 Å². The Balaban J connectivity index is 1.60. The van der Waals surface area contributed by atoms with E-state index in [-0.39, 0.29) is 17.3 Å². The summed E-state index contributed by atoms with van der Waals surface area (Å²) in [7, 11) is 0. The van der Waals surface area contributed by atoms with Gasteiger partial charge < -0.3 is 9.36 Å². The summed E-state index contributed by atoms with van der Waals surface area (Å²) in [5.74, 6) is 1.28. The van der Waals surface area contributed by atoms with E-state index in [4.69, 9.17) is 9.36 Å². The average molecular weight is 386 g/mol. The summed E-state index contributed by atoms with van der Waals surface area (Å²) in [4.78, 5) is 22.1. The molecular formula is C22H31N3O3. The number of carbonyl (C=O) groups is 1. The van der Waals surface area contributed by atoms with Crippen LogP contribution < -0.4 is 0 Å². The van der Waals surface area contributed by atoms with Crippen molar-refractivity contribution in [2.24, 2.45) is 5.41 Å². The van der Waals surface area contributed by atoms with E-state index in [1.54, 1.807) is 5.06 Å². The van der Waals surface area contributed by atoms with Gasteiger partial charge in [0.2, 0.25) is 11.7 Å². The van der Waals surface area contributed by atoms with Crippen LogP contribution >= 0.6 is 0 Å². The van der Waals surface area contributed by atoms with Gasteiger partial charge in [-0.1, -0.05) is 50.2 Å². The zero-order chi connectivity index (χ0) is 20.5. The number of hydrogen-bond acceptors (Lipinski definition) is 6. The van der Waals surface area contributed by atoms with Crippen LogP contribution in [0.4, 0.5) is 0 Å². The molecule has 0 spiro atoms. The topological polar surface area (TPSA) is 68.5 Å². The Kier molecular flexibility index (Phi) is 5.62. The van der Waals surface area contributed by atoms with E-state index in [2.05, 4.69) is 43.0 Å². The second-order valence-electron chi connectivity index (χ2n) is 9.62. The molecule has 0 atom stereocenters. The van der Waals surface area contributed by atoms with Crippen LogP contribution in [0.5, 0.6) is 0 Å². The van der Waals surface area contributed by atoms with Gasteiger partial charge in [-0.3, -0.25) is 0 Å². The lowest BCUT2D eigenvalue weighted by molar-refractivity contribution is -0.204. The van der Waals surface area contributed by atoms with Crippen molar-refractivity contribution >= 4 is 5.97 Å². The maximum atomic E-state index is 12.0. The minimum atomic E-state index is -0.499. The molecular weight excluding hydrogens is 354 g/mol. The van der Waals surface area contributed by atoms with Gasteiger partial charge in [-0.05, 0) is 44.6 Å². The van der Waals surface area contributed by atoms with Crippen molar-refractivity contribution in [2.75, 3.05) is 13.1 Å². The summed E-state index contributed by atoms with van der Waals surface area (Å²) >= 11 is 0. The molecule has 1 aromatic carbocycles. The Morgan fingerprint density at radius 2 is 1.68 bits per heavy atom. The second-order valence-corrected chi connectivity index (χ2v) is 9.62. The van der Waals surface area contributed by atoms with Gasteiger partial charge in [0.05, 0.1) is 5.41 Å². The van der Waals surface area contributed by atoms with Gasteiger partial charge in [-0.15, -0.1) is 5.06 Å². The van der Waals surface area contributed by atoms with Gasteiger partial charge in [0.15, 0.2) is 0 Å². The first-order valence-electron chi connectivity index (χ1n) is 9.96. The summed E-state index contributed by atoms with van der Waals surface area (Å²) in [5.41, 5.74) is 1.85. The SMILES string of the molecule is CC(C)(C)C(=O)ON1CCC(c2nc(-c3ccc(C(C)(C)C)cc3)no2)CC1. The zero-order valence-electron chi connectivity index (χ0n) is 17.8. The minimum Gasteiger partial charge on any atom is -0.367 e. The van der Waals surface area contributed by atoms with Crippen molar-refractivity contribution in [3.63, 3.8) is 0 Å². The van der Waals surface area contributed by atoms with E-state index in [1.807, 2.05) is 32.9 Å². The molecule has 2 heterocycles. The molecule has 0 saturated carbocycles. The molecule has 0 N–H and O–H groups in total. The molecule has 1 saturated heterocycles. The number of benzene rings is 1. The predicted octanol–water partition coefficient (Wildman–Crippen LogP) is 4.72. The molecule has 152 valence electrons. The van der Waals surface area contributed by atoms with E-state index >= 15 is 0 Å². The van der Waals surface area contributed by atoms with Crippen LogP contribution in [0.1, 0.15) is 71.8 Å². The molecule has 0 aliphatic carbocycles. The van der Waals surface area contributed by atoms with E-state index in [0.717, 1.165) is 18.4 Å². The van der Waals surface area contributed by atoms with Gasteiger partial charge in [0.1, 0.15) is 0 Å². The van der Waals surface area contributed by atoms with Gasteiger partial charge in [0.25, 0.3) is 0 Å². The summed E-state index contributed by atoms with van der Waals surface area (Å²) in [6, 6.07) is 8.33. The number of hydroxylamine groups is 2. The van der Waals surface area contributed by atoms with Crippen LogP contribution in [0.3, 0.4) is 0 Å². The highest BCUT2D eigenvalue weighted by Gasteiger charge is 2.30. The molecule has 1 aliphatic rings. The fourth-order valence-electron chi connectivity index (χ4n) is 3.09. The number of piperidine rings is 1. The predicted molar refractivity (Wildman–Crippen MR) is 108 cm³/mol. The molecule has 0 amide bonds. The first kappa shape index (κ1) is 20.5. The highest BCUT2D eigenvalue weighted by atomic mass is 16.7. The fraction of sp³-hybridized carbons (Fsp3) is 0.591. The lowest BCUT2D eigenvalue weighted by Gasteiger charge is -2.30. The zero-order valence-corrected chi connectivity index (χ0v) is 17.8. The van der Waals surface area contributed by atoms with Crippen LogP contribution in [0.25, 0.3) is 11.4 Å². The maximum absolute atomic E-state index is 12.0. The molecule has 28 heavy (non-hydrogen) atoms. The van der Waals surface area contributed by atoms with Gasteiger partial charge in [-0.25, -0.2) is 4.79 Å².